The maximum Gasteiger partial charge on any atom is 0.353 e. The summed E-state index contributed by atoms with van der Waals surface area (Å²) < 4.78 is 0. The maximum atomic E-state index is 11.9. The van der Waals surface area contributed by atoms with Crippen molar-refractivity contribution >= 4 is 28.8 Å². The van der Waals surface area contributed by atoms with E-state index in [0.717, 1.165) is 0 Å². The van der Waals surface area contributed by atoms with Crippen molar-refractivity contribution in [3.05, 3.63) is 46.3 Å². The van der Waals surface area contributed by atoms with Gasteiger partial charge in [0.05, 0.1) is 4.92 Å². The molecule has 8 heteroatoms. The van der Waals surface area contributed by atoms with Crippen LogP contribution in [0.2, 0.25) is 0 Å². The maximum absolute atomic E-state index is 11.9. The van der Waals surface area contributed by atoms with E-state index in [1.807, 2.05) is 4.90 Å². The fraction of sp³-hybridized carbons (Fsp3) is 0.450. The van der Waals surface area contributed by atoms with Gasteiger partial charge in [0.2, 0.25) is 11.6 Å². The Morgan fingerprint density at radius 1 is 1.11 bits per heavy atom. The highest BCUT2D eigenvalue weighted by atomic mass is 16.6. The van der Waals surface area contributed by atoms with E-state index in [1.54, 1.807) is 24.3 Å². The highest BCUT2D eigenvalue weighted by Crippen LogP contribution is 2.34. The lowest BCUT2D eigenvalue weighted by Gasteiger charge is -2.27. The van der Waals surface area contributed by atoms with Crippen LogP contribution in [-0.2, 0) is 0 Å². The highest BCUT2D eigenvalue weighted by Gasteiger charge is 2.28. The fourth-order valence-corrected chi connectivity index (χ4v) is 2.91. The van der Waals surface area contributed by atoms with E-state index in [1.165, 1.54) is 13.3 Å². The first kappa shape index (κ1) is 21.3. The third-order valence-corrected chi connectivity index (χ3v) is 4.01. The van der Waals surface area contributed by atoms with Crippen LogP contribution in [0.5, 0.6) is 0 Å². The summed E-state index contributed by atoms with van der Waals surface area (Å²) in [7, 11) is 0. The summed E-state index contributed by atoms with van der Waals surface area (Å²) in [5.41, 5.74) is 1.03. The Kier molecular flexibility index (Phi) is 7.03. The van der Waals surface area contributed by atoms with E-state index in [-0.39, 0.29) is 17.3 Å². The predicted molar refractivity (Wildman–Crippen MR) is 110 cm³/mol. The molecule has 28 heavy (non-hydrogen) atoms. The second-order valence-corrected chi connectivity index (χ2v) is 7.60. The molecule has 0 fully saturated rings. The van der Waals surface area contributed by atoms with Gasteiger partial charge in [0.15, 0.2) is 5.78 Å². The average Bonchev–Trinajstić information content (AvgIpc) is 2.60. The number of anilines is 3. The Bertz CT molecular complexity index is 824. The van der Waals surface area contributed by atoms with Crippen LogP contribution in [0, 0.1) is 22.0 Å². The minimum atomic E-state index is -0.449. The molecule has 2 rings (SSSR count). The molecule has 0 amide bonds. The van der Waals surface area contributed by atoms with Crippen LogP contribution in [0.25, 0.3) is 0 Å². The molecule has 0 saturated heterocycles. The number of Topliss-reactive ketones (excluding diaryl/α,β-unsaturated/α-hetero) is 1. The van der Waals surface area contributed by atoms with Crippen LogP contribution >= 0.6 is 0 Å². The molecule has 0 saturated carbocycles. The minimum absolute atomic E-state index is 0.0418. The van der Waals surface area contributed by atoms with Crippen LogP contribution in [0.15, 0.2) is 30.6 Å². The van der Waals surface area contributed by atoms with E-state index in [9.17, 15) is 14.9 Å². The lowest BCUT2D eigenvalue weighted by molar-refractivity contribution is -0.383. The number of nitrogens with zero attached hydrogens (tertiary/aromatic N) is 4. The quantitative estimate of drug-likeness (QED) is 0.386. The van der Waals surface area contributed by atoms with Crippen molar-refractivity contribution < 1.29 is 9.72 Å². The molecule has 0 aliphatic carbocycles. The molecule has 0 radical (unpaired) electrons. The number of hydrogen-bond acceptors (Lipinski definition) is 7. The topological polar surface area (TPSA) is 101 Å². The molecule has 0 spiro atoms. The Morgan fingerprint density at radius 2 is 1.68 bits per heavy atom. The molecule has 0 atom stereocenters. The van der Waals surface area contributed by atoms with E-state index in [0.29, 0.717) is 42.0 Å². The van der Waals surface area contributed by atoms with Gasteiger partial charge in [0.1, 0.15) is 6.33 Å². The lowest BCUT2D eigenvalue weighted by atomic mass is 10.1. The van der Waals surface area contributed by atoms with Crippen molar-refractivity contribution in [1.82, 2.24) is 9.97 Å². The monoisotopic (exact) mass is 385 g/mol. The molecule has 1 aromatic carbocycles. The molecular weight excluding hydrogens is 358 g/mol. The summed E-state index contributed by atoms with van der Waals surface area (Å²) >= 11 is 0. The SMILES string of the molecule is CC(=O)c1ccc(Nc2ncnc(N(CC(C)C)CC(C)C)c2[N+](=O)[O-])cc1. The third kappa shape index (κ3) is 5.48. The number of carbonyl (C=O) groups is 1. The predicted octanol–water partition coefficient (Wildman–Crippen LogP) is 4.45. The smallest absolute Gasteiger partial charge is 0.350 e. The number of aromatic nitrogens is 2. The number of carbonyl (C=O) groups excluding carboxylic acids is 1. The molecule has 1 N–H and O–H groups in total. The zero-order valence-corrected chi connectivity index (χ0v) is 17.0. The minimum Gasteiger partial charge on any atom is -0.350 e. The van der Waals surface area contributed by atoms with E-state index in [4.69, 9.17) is 0 Å². The van der Waals surface area contributed by atoms with Crippen molar-refractivity contribution in [3.63, 3.8) is 0 Å². The number of nitro groups is 1. The van der Waals surface area contributed by atoms with Gasteiger partial charge in [-0.3, -0.25) is 14.9 Å². The summed E-state index contributed by atoms with van der Waals surface area (Å²) in [6.45, 7) is 11.1. The van der Waals surface area contributed by atoms with Crippen molar-refractivity contribution in [3.8, 4) is 0 Å². The molecule has 1 aromatic heterocycles. The van der Waals surface area contributed by atoms with E-state index < -0.39 is 4.92 Å². The highest BCUT2D eigenvalue weighted by molar-refractivity contribution is 5.94. The lowest BCUT2D eigenvalue weighted by Crippen LogP contribution is -2.32. The number of hydrogen-bond donors (Lipinski definition) is 1. The van der Waals surface area contributed by atoms with Crippen molar-refractivity contribution in [2.24, 2.45) is 11.8 Å². The van der Waals surface area contributed by atoms with Crippen LogP contribution in [-0.4, -0.2) is 33.8 Å². The zero-order valence-electron chi connectivity index (χ0n) is 17.0. The van der Waals surface area contributed by atoms with Gasteiger partial charge in [0, 0.05) is 24.3 Å². The van der Waals surface area contributed by atoms with E-state index >= 15 is 0 Å². The first-order valence-electron chi connectivity index (χ1n) is 9.31. The van der Waals surface area contributed by atoms with Crippen LogP contribution in [0.3, 0.4) is 0 Å². The Labute approximate surface area is 165 Å². The van der Waals surface area contributed by atoms with Gasteiger partial charge in [0.25, 0.3) is 0 Å². The van der Waals surface area contributed by atoms with Crippen molar-refractivity contribution in [1.29, 1.82) is 0 Å². The van der Waals surface area contributed by atoms with Gasteiger partial charge in [-0.15, -0.1) is 0 Å². The number of benzene rings is 1. The number of nitrogens with one attached hydrogen (secondary N) is 1. The van der Waals surface area contributed by atoms with Gasteiger partial charge in [-0.2, -0.15) is 0 Å². The third-order valence-electron chi connectivity index (χ3n) is 4.01. The molecule has 2 aromatic rings. The zero-order chi connectivity index (χ0) is 20.8. The summed E-state index contributed by atoms with van der Waals surface area (Å²) in [6, 6.07) is 6.73. The van der Waals surface area contributed by atoms with Crippen molar-refractivity contribution in [2.75, 3.05) is 23.3 Å². The van der Waals surface area contributed by atoms with Crippen LogP contribution in [0.4, 0.5) is 23.0 Å². The number of rotatable bonds is 9. The molecule has 0 unspecified atom stereocenters. The fourth-order valence-electron chi connectivity index (χ4n) is 2.91. The first-order valence-corrected chi connectivity index (χ1v) is 9.31. The van der Waals surface area contributed by atoms with Gasteiger partial charge >= 0.3 is 5.69 Å². The Hall–Kier alpha value is -3.03. The van der Waals surface area contributed by atoms with E-state index in [2.05, 4.69) is 43.0 Å². The normalized spacial score (nSPS) is 11.0. The molecule has 8 nitrogen and oxygen atoms in total. The average molecular weight is 385 g/mol. The number of ketones is 1. The van der Waals surface area contributed by atoms with Gasteiger partial charge in [-0.05, 0) is 43.0 Å². The van der Waals surface area contributed by atoms with Gasteiger partial charge in [-0.25, -0.2) is 9.97 Å². The summed E-state index contributed by atoms with van der Waals surface area (Å²) in [5, 5.41) is 14.9. The standard InChI is InChI=1S/C20H27N5O3/c1-13(2)10-24(11-14(3)4)20-18(25(27)28)19(21-12-22-20)23-17-8-6-16(7-9-17)15(5)26/h6-9,12-14H,10-11H2,1-5H3,(H,21,22,23). The molecule has 1 heterocycles. The molecule has 0 aliphatic rings. The first-order chi connectivity index (χ1) is 13.2. The summed E-state index contributed by atoms with van der Waals surface area (Å²) in [4.78, 5) is 33.1. The Balaban J connectivity index is 2.43. The van der Waals surface area contributed by atoms with Gasteiger partial charge in [-0.1, -0.05) is 27.7 Å². The largest absolute Gasteiger partial charge is 0.353 e. The molecule has 0 aliphatic heterocycles. The van der Waals surface area contributed by atoms with Crippen LogP contribution in [0.1, 0.15) is 45.0 Å². The molecule has 0 bridgehead atoms. The second-order valence-electron chi connectivity index (χ2n) is 7.60. The summed E-state index contributed by atoms with van der Waals surface area (Å²) in [5.74, 6) is 1.04. The second kappa shape index (κ2) is 9.25. The molecule has 150 valence electrons. The molecular formula is C20H27N5O3. The summed E-state index contributed by atoms with van der Waals surface area (Å²) in [6.07, 6.45) is 1.34. The Morgan fingerprint density at radius 3 is 2.14 bits per heavy atom. The van der Waals surface area contributed by atoms with Crippen molar-refractivity contribution in [2.45, 2.75) is 34.6 Å². The van der Waals surface area contributed by atoms with Crippen LogP contribution < -0.4 is 10.2 Å². The van der Waals surface area contributed by atoms with Gasteiger partial charge < -0.3 is 10.2 Å².